The number of thiophene rings is 1. The average Bonchev–Trinajstić information content (AvgIpc) is 3.22. The number of hydrogen-bond donors (Lipinski definition) is 2. The minimum Gasteiger partial charge on any atom is -0.487 e. The van der Waals surface area contributed by atoms with E-state index in [0.29, 0.717) is 12.8 Å². The summed E-state index contributed by atoms with van der Waals surface area (Å²) < 4.78 is 5.67. The van der Waals surface area contributed by atoms with Crippen molar-refractivity contribution in [3.8, 4) is 27.3 Å². The van der Waals surface area contributed by atoms with E-state index in [9.17, 15) is 10.2 Å². The molecule has 0 aliphatic rings. The first kappa shape index (κ1) is 21.6. The summed E-state index contributed by atoms with van der Waals surface area (Å²) in [7, 11) is 1.70. The third-order valence-corrected chi connectivity index (χ3v) is 6.79. The number of rotatable bonds is 8. The molecule has 29 heavy (non-hydrogen) atoms. The molecular formula is C25H30O3S. The minimum atomic E-state index is -0.780. The fraction of sp³-hybridized carbons (Fsp3) is 0.360. The van der Waals surface area contributed by atoms with Crippen molar-refractivity contribution in [3.63, 3.8) is 0 Å². The fourth-order valence-corrected chi connectivity index (χ4v) is 4.75. The summed E-state index contributed by atoms with van der Waals surface area (Å²) in [5.74, 6) is 0. The summed E-state index contributed by atoms with van der Waals surface area (Å²) in [6, 6.07) is 14.3. The Kier molecular flexibility index (Phi) is 6.78. The molecule has 4 heteroatoms. The van der Waals surface area contributed by atoms with Crippen LogP contribution in [0.1, 0.15) is 50.3 Å². The van der Waals surface area contributed by atoms with Crippen molar-refractivity contribution in [1.29, 1.82) is 0 Å². The maximum absolute atomic E-state index is 11.0. The molecule has 0 unspecified atom stereocenters. The fourth-order valence-electron chi connectivity index (χ4n) is 3.84. The van der Waals surface area contributed by atoms with E-state index >= 15 is 0 Å². The van der Waals surface area contributed by atoms with Crippen molar-refractivity contribution in [3.05, 3.63) is 64.5 Å². The molecule has 1 heterocycles. The number of benzene rings is 2. The average molecular weight is 411 g/mol. The summed E-state index contributed by atoms with van der Waals surface area (Å²) in [5.41, 5.74) is 6.77. The second-order valence-electron chi connectivity index (χ2n) is 7.34. The Morgan fingerprint density at radius 1 is 0.966 bits per heavy atom. The summed E-state index contributed by atoms with van der Waals surface area (Å²) in [6.45, 7) is 6.24. The molecule has 2 N–H and O–H groups in total. The molecule has 154 valence electrons. The highest BCUT2D eigenvalue weighted by Crippen LogP contribution is 2.46. The van der Waals surface area contributed by atoms with Gasteiger partial charge in [0.25, 0.3) is 0 Å². The highest BCUT2D eigenvalue weighted by molar-refractivity contribution is 7.13. The lowest BCUT2D eigenvalue weighted by molar-refractivity contribution is 0.0283. The first-order valence-corrected chi connectivity index (χ1v) is 11.1. The van der Waals surface area contributed by atoms with Crippen LogP contribution in [0.15, 0.2) is 47.8 Å². The molecule has 0 aliphatic heterocycles. The standard InChI is InChI=1S/C25H30O3S/c1-5-18-14-20(25(27,6-2)7-3)12-13-21(18)22-16-29-24(28-4)23(22)19-10-8-17(15-26)9-11-19/h8-14,16,26-27H,5-7,15H2,1-4H3. The third-order valence-electron chi connectivity index (χ3n) is 5.85. The number of aryl methyl sites for hydroxylation is 1. The molecule has 0 saturated heterocycles. The quantitative estimate of drug-likeness (QED) is 0.468. The first-order chi connectivity index (χ1) is 14.0. The van der Waals surface area contributed by atoms with Gasteiger partial charge in [0.1, 0.15) is 0 Å². The first-order valence-electron chi connectivity index (χ1n) is 10.2. The predicted molar refractivity (Wildman–Crippen MR) is 122 cm³/mol. The van der Waals surface area contributed by atoms with Gasteiger partial charge < -0.3 is 14.9 Å². The van der Waals surface area contributed by atoms with Crippen LogP contribution in [-0.4, -0.2) is 17.3 Å². The molecule has 3 rings (SSSR count). The number of aliphatic hydroxyl groups is 2. The number of ether oxygens (including phenoxy) is 1. The lowest BCUT2D eigenvalue weighted by Crippen LogP contribution is -2.23. The SMILES string of the molecule is CCc1cc(C(O)(CC)CC)ccc1-c1csc(OC)c1-c1ccc(CO)cc1. The molecular weight excluding hydrogens is 380 g/mol. The van der Waals surface area contributed by atoms with Gasteiger partial charge in [-0.3, -0.25) is 0 Å². The van der Waals surface area contributed by atoms with Gasteiger partial charge in [0, 0.05) is 16.5 Å². The molecule has 0 amide bonds. The predicted octanol–water partition coefficient (Wildman–Crippen LogP) is 6.15. The normalized spacial score (nSPS) is 11.7. The van der Waals surface area contributed by atoms with Crippen molar-refractivity contribution in [2.24, 2.45) is 0 Å². The summed E-state index contributed by atoms with van der Waals surface area (Å²) in [4.78, 5) is 0. The lowest BCUT2D eigenvalue weighted by atomic mass is 9.85. The Bertz CT molecular complexity index is 953. The van der Waals surface area contributed by atoms with Crippen molar-refractivity contribution >= 4 is 11.3 Å². The molecule has 0 saturated carbocycles. The summed E-state index contributed by atoms with van der Waals surface area (Å²) in [6.07, 6.45) is 2.27. The van der Waals surface area contributed by atoms with Gasteiger partial charge in [-0.2, -0.15) is 0 Å². The van der Waals surface area contributed by atoms with E-state index in [-0.39, 0.29) is 6.61 Å². The Morgan fingerprint density at radius 3 is 2.21 bits per heavy atom. The van der Waals surface area contributed by atoms with E-state index < -0.39 is 5.60 Å². The Labute approximate surface area is 177 Å². The van der Waals surface area contributed by atoms with Gasteiger partial charge in [0.15, 0.2) is 5.06 Å². The van der Waals surface area contributed by atoms with Crippen LogP contribution in [0.5, 0.6) is 5.06 Å². The van der Waals surface area contributed by atoms with Crippen molar-refractivity contribution in [2.45, 2.75) is 52.2 Å². The zero-order valence-electron chi connectivity index (χ0n) is 17.7. The minimum absolute atomic E-state index is 0.0348. The summed E-state index contributed by atoms with van der Waals surface area (Å²) >= 11 is 1.59. The molecule has 1 aromatic heterocycles. The summed E-state index contributed by atoms with van der Waals surface area (Å²) in [5, 5.41) is 23.3. The molecule has 2 aromatic carbocycles. The lowest BCUT2D eigenvalue weighted by Gasteiger charge is -2.27. The van der Waals surface area contributed by atoms with Crippen LogP contribution in [0.2, 0.25) is 0 Å². The monoisotopic (exact) mass is 410 g/mol. The number of hydrogen-bond acceptors (Lipinski definition) is 4. The van der Waals surface area contributed by atoms with Gasteiger partial charge >= 0.3 is 0 Å². The highest BCUT2D eigenvalue weighted by atomic mass is 32.1. The molecule has 3 nitrogen and oxygen atoms in total. The van der Waals surface area contributed by atoms with Crippen LogP contribution < -0.4 is 4.74 Å². The largest absolute Gasteiger partial charge is 0.487 e. The zero-order chi connectivity index (χ0) is 21.0. The van der Waals surface area contributed by atoms with E-state index in [1.807, 2.05) is 38.1 Å². The second kappa shape index (κ2) is 9.12. The zero-order valence-corrected chi connectivity index (χ0v) is 18.5. The van der Waals surface area contributed by atoms with Crippen LogP contribution in [0, 0.1) is 0 Å². The molecule has 0 spiro atoms. The number of aliphatic hydroxyl groups excluding tert-OH is 1. The second-order valence-corrected chi connectivity index (χ2v) is 8.18. The van der Waals surface area contributed by atoms with E-state index in [1.54, 1.807) is 18.4 Å². The van der Waals surface area contributed by atoms with Gasteiger partial charge in [-0.15, -0.1) is 11.3 Å². The molecule has 0 atom stereocenters. The topological polar surface area (TPSA) is 49.7 Å². The van der Waals surface area contributed by atoms with E-state index in [1.165, 1.54) is 11.1 Å². The van der Waals surface area contributed by atoms with Crippen LogP contribution in [0.25, 0.3) is 22.3 Å². The Balaban J connectivity index is 2.15. The van der Waals surface area contributed by atoms with E-state index in [2.05, 4.69) is 30.5 Å². The van der Waals surface area contributed by atoms with Crippen molar-refractivity contribution in [1.82, 2.24) is 0 Å². The van der Waals surface area contributed by atoms with Gasteiger partial charge in [-0.1, -0.05) is 63.2 Å². The van der Waals surface area contributed by atoms with Gasteiger partial charge in [-0.05, 0) is 47.1 Å². The van der Waals surface area contributed by atoms with Crippen LogP contribution in [-0.2, 0) is 18.6 Å². The van der Waals surface area contributed by atoms with Crippen molar-refractivity contribution in [2.75, 3.05) is 7.11 Å². The van der Waals surface area contributed by atoms with E-state index in [0.717, 1.165) is 39.3 Å². The van der Waals surface area contributed by atoms with E-state index in [4.69, 9.17) is 4.74 Å². The third kappa shape index (κ3) is 4.11. The molecule has 0 fully saturated rings. The van der Waals surface area contributed by atoms with Crippen LogP contribution in [0.3, 0.4) is 0 Å². The highest BCUT2D eigenvalue weighted by Gasteiger charge is 2.26. The maximum Gasteiger partial charge on any atom is 0.181 e. The number of methoxy groups -OCH3 is 1. The maximum atomic E-state index is 11.0. The van der Waals surface area contributed by atoms with Crippen molar-refractivity contribution < 1.29 is 14.9 Å². The molecule has 0 aliphatic carbocycles. The Morgan fingerprint density at radius 2 is 1.66 bits per heavy atom. The molecule has 3 aromatic rings. The van der Waals surface area contributed by atoms with Gasteiger partial charge in [0.05, 0.1) is 19.3 Å². The smallest absolute Gasteiger partial charge is 0.181 e. The van der Waals surface area contributed by atoms with Gasteiger partial charge in [-0.25, -0.2) is 0 Å². The molecule has 0 bridgehead atoms. The van der Waals surface area contributed by atoms with Gasteiger partial charge in [0.2, 0.25) is 0 Å². The van der Waals surface area contributed by atoms with Crippen LogP contribution in [0.4, 0.5) is 0 Å². The van der Waals surface area contributed by atoms with Crippen LogP contribution >= 0.6 is 11.3 Å². The Hall–Kier alpha value is -2.14. The molecule has 0 radical (unpaired) electrons.